The van der Waals surface area contributed by atoms with Crippen LogP contribution in [0.2, 0.25) is 0 Å². The molecule has 0 spiro atoms. The van der Waals surface area contributed by atoms with E-state index < -0.39 is 0 Å². The summed E-state index contributed by atoms with van der Waals surface area (Å²) >= 11 is 1.30. The molecular formula is C17H16N4O2S. The van der Waals surface area contributed by atoms with Gasteiger partial charge in [0, 0.05) is 12.3 Å². The van der Waals surface area contributed by atoms with Crippen molar-refractivity contribution in [2.24, 2.45) is 0 Å². The summed E-state index contributed by atoms with van der Waals surface area (Å²) in [7, 11) is 0. The van der Waals surface area contributed by atoms with Gasteiger partial charge in [0.05, 0.1) is 12.1 Å². The number of carbonyl (C=O) groups is 1. The van der Waals surface area contributed by atoms with Gasteiger partial charge in [0.25, 0.3) is 11.5 Å². The topological polar surface area (TPSA) is 76.9 Å². The van der Waals surface area contributed by atoms with E-state index >= 15 is 0 Å². The summed E-state index contributed by atoms with van der Waals surface area (Å²) in [4.78, 5) is 24.3. The largest absolute Gasteiger partial charge is 0.310 e. The fraction of sp³-hybridized carbons (Fsp3) is 0.176. The van der Waals surface area contributed by atoms with Gasteiger partial charge in [-0.25, -0.2) is 0 Å². The molecular weight excluding hydrogens is 324 g/mol. The Balaban J connectivity index is 1.81. The van der Waals surface area contributed by atoms with Crippen LogP contribution in [-0.4, -0.2) is 20.7 Å². The van der Waals surface area contributed by atoms with Crippen LogP contribution in [0.5, 0.6) is 0 Å². The quantitative estimate of drug-likeness (QED) is 0.792. The number of nitrogens with one attached hydrogen (secondary N) is 1. The Hall–Kier alpha value is -2.80. The minimum absolute atomic E-state index is 0.154. The monoisotopic (exact) mass is 340 g/mol. The molecule has 2 heterocycles. The molecule has 1 amide bonds. The summed E-state index contributed by atoms with van der Waals surface area (Å²) in [5.41, 5.74) is 2.40. The standard InChI is InChI=1S/C17H16N4O2S/c1-11-3-5-13(6-4-11)9-21-10-14(7-8-15(21)22)16(23)18-17-20-19-12(2)24-17/h3-8,10H,9H2,1-2H3,(H,18,20,23). The summed E-state index contributed by atoms with van der Waals surface area (Å²) in [6, 6.07) is 10.8. The number of pyridine rings is 1. The number of rotatable bonds is 4. The predicted molar refractivity (Wildman–Crippen MR) is 93.6 cm³/mol. The number of hydrogen-bond donors (Lipinski definition) is 1. The summed E-state index contributed by atoms with van der Waals surface area (Å²) in [5.74, 6) is -0.316. The number of carbonyl (C=O) groups excluding carboxylic acids is 1. The van der Waals surface area contributed by atoms with Crippen molar-refractivity contribution < 1.29 is 4.79 Å². The van der Waals surface area contributed by atoms with Crippen LogP contribution >= 0.6 is 11.3 Å². The molecule has 122 valence electrons. The Morgan fingerprint density at radius 1 is 1.12 bits per heavy atom. The predicted octanol–water partition coefficient (Wildman–Crippen LogP) is 2.62. The van der Waals surface area contributed by atoms with E-state index in [1.807, 2.05) is 38.1 Å². The van der Waals surface area contributed by atoms with Crippen molar-refractivity contribution >= 4 is 22.4 Å². The molecule has 0 aliphatic rings. The van der Waals surface area contributed by atoms with Gasteiger partial charge < -0.3 is 4.57 Å². The lowest BCUT2D eigenvalue weighted by Crippen LogP contribution is -2.22. The minimum atomic E-state index is -0.316. The van der Waals surface area contributed by atoms with Crippen LogP contribution in [0.25, 0.3) is 0 Å². The van der Waals surface area contributed by atoms with Crippen molar-refractivity contribution in [2.75, 3.05) is 5.32 Å². The minimum Gasteiger partial charge on any atom is -0.310 e. The van der Waals surface area contributed by atoms with Gasteiger partial charge in [-0.2, -0.15) is 0 Å². The number of nitrogens with zero attached hydrogens (tertiary/aromatic N) is 3. The lowest BCUT2D eigenvalue weighted by atomic mass is 10.1. The second-order valence-corrected chi connectivity index (χ2v) is 6.63. The Morgan fingerprint density at radius 3 is 2.54 bits per heavy atom. The lowest BCUT2D eigenvalue weighted by molar-refractivity contribution is 0.102. The summed E-state index contributed by atoms with van der Waals surface area (Å²) in [6.45, 7) is 4.24. The van der Waals surface area contributed by atoms with Gasteiger partial charge in [-0.15, -0.1) is 10.2 Å². The number of amides is 1. The smallest absolute Gasteiger partial charge is 0.258 e. The Bertz CT molecular complexity index is 928. The SMILES string of the molecule is Cc1ccc(Cn2cc(C(=O)Nc3nnc(C)s3)ccc2=O)cc1. The molecule has 1 N–H and O–H groups in total. The summed E-state index contributed by atoms with van der Waals surface area (Å²) in [5, 5.41) is 11.6. The van der Waals surface area contributed by atoms with Crippen molar-refractivity contribution in [3.05, 3.63) is 74.6 Å². The van der Waals surface area contributed by atoms with Crippen LogP contribution < -0.4 is 10.9 Å². The maximum absolute atomic E-state index is 12.3. The molecule has 0 saturated heterocycles. The van der Waals surface area contributed by atoms with Gasteiger partial charge in [0.15, 0.2) is 0 Å². The van der Waals surface area contributed by atoms with E-state index in [4.69, 9.17) is 0 Å². The zero-order valence-corrected chi connectivity index (χ0v) is 14.1. The molecule has 0 saturated carbocycles. The van der Waals surface area contributed by atoms with Gasteiger partial charge in [-0.05, 0) is 25.5 Å². The van der Waals surface area contributed by atoms with Gasteiger partial charge in [-0.1, -0.05) is 41.2 Å². The average molecular weight is 340 g/mol. The van der Waals surface area contributed by atoms with Crippen LogP contribution in [-0.2, 0) is 6.54 Å². The number of hydrogen-bond acceptors (Lipinski definition) is 5. The van der Waals surface area contributed by atoms with E-state index in [2.05, 4.69) is 15.5 Å². The molecule has 3 aromatic rings. The third-order valence-corrected chi connectivity index (χ3v) is 4.22. The van der Waals surface area contributed by atoms with E-state index in [9.17, 15) is 9.59 Å². The van der Waals surface area contributed by atoms with Gasteiger partial charge in [-0.3, -0.25) is 14.9 Å². The zero-order chi connectivity index (χ0) is 17.1. The first kappa shape index (κ1) is 16.1. The molecule has 0 atom stereocenters. The molecule has 0 aliphatic heterocycles. The van der Waals surface area contributed by atoms with Crippen LogP contribution in [0.4, 0.5) is 5.13 Å². The Morgan fingerprint density at radius 2 is 1.88 bits per heavy atom. The molecule has 0 aliphatic carbocycles. The molecule has 0 bridgehead atoms. The van der Waals surface area contributed by atoms with Crippen LogP contribution in [0.15, 0.2) is 47.4 Å². The highest BCUT2D eigenvalue weighted by Crippen LogP contribution is 2.14. The highest BCUT2D eigenvalue weighted by atomic mass is 32.1. The fourth-order valence-electron chi connectivity index (χ4n) is 2.20. The maximum atomic E-state index is 12.3. The first-order chi connectivity index (χ1) is 11.5. The molecule has 1 aromatic carbocycles. The normalized spacial score (nSPS) is 10.6. The van der Waals surface area contributed by atoms with Crippen LogP contribution in [0.3, 0.4) is 0 Å². The number of benzene rings is 1. The molecule has 24 heavy (non-hydrogen) atoms. The zero-order valence-electron chi connectivity index (χ0n) is 13.3. The average Bonchev–Trinajstić information content (AvgIpc) is 2.96. The lowest BCUT2D eigenvalue weighted by Gasteiger charge is -2.08. The first-order valence-electron chi connectivity index (χ1n) is 7.39. The van der Waals surface area contributed by atoms with Crippen molar-refractivity contribution in [3.8, 4) is 0 Å². The third-order valence-electron chi connectivity index (χ3n) is 3.47. The number of anilines is 1. The second-order valence-electron chi connectivity index (χ2n) is 5.45. The highest BCUT2D eigenvalue weighted by Gasteiger charge is 2.11. The van der Waals surface area contributed by atoms with E-state index in [1.54, 1.807) is 6.20 Å². The van der Waals surface area contributed by atoms with Gasteiger partial charge in [0.1, 0.15) is 5.01 Å². The van der Waals surface area contributed by atoms with Crippen molar-refractivity contribution in [1.29, 1.82) is 0 Å². The van der Waals surface area contributed by atoms with Crippen molar-refractivity contribution in [2.45, 2.75) is 20.4 Å². The highest BCUT2D eigenvalue weighted by molar-refractivity contribution is 7.15. The second kappa shape index (κ2) is 6.76. The molecule has 3 rings (SSSR count). The molecule has 2 aromatic heterocycles. The molecule has 6 nitrogen and oxygen atoms in total. The fourth-order valence-corrected chi connectivity index (χ4v) is 2.78. The third kappa shape index (κ3) is 3.75. The Kier molecular flexibility index (Phi) is 4.52. The number of aryl methyl sites for hydroxylation is 2. The van der Waals surface area contributed by atoms with Gasteiger partial charge in [0.2, 0.25) is 5.13 Å². The van der Waals surface area contributed by atoms with E-state index in [-0.39, 0.29) is 11.5 Å². The molecule has 0 fully saturated rings. The van der Waals surface area contributed by atoms with Crippen LogP contribution in [0, 0.1) is 13.8 Å². The van der Waals surface area contributed by atoms with Gasteiger partial charge >= 0.3 is 0 Å². The summed E-state index contributed by atoms with van der Waals surface area (Å²) in [6.07, 6.45) is 1.56. The maximum Gasteiger partial charge on any atom is 0.258 e. The number of aromatic nitrogens is 3. The van der Waals surface area contributed by atoms with Crippen LogP contribution in [0.1, 0.15) is 26.5 Å². The summed E-state index contributed by atoms with van der Waals surface area (Å²) < 4.78 is 1.52. The van der Waals surface area contributed by atoms with E-state index in [0.29, 0.717) is 17.2 Å². The van der Waals surface area contributed by atoms with Crippen molar-refractivity contribution in [1.82, 2.24) is 14.8 Å². The molecule has 7 heteroatoms. The first-order valence-corrected chi connectivity index (χ1v) is 8.20. The van der Waals surface area contributed by atoms with E-state index in [1.165, 1.54) is 28.0 Å². The van der Waals surface area contributed by atoms with Crippen molar-refractivity contribution in [3.63, 3.8) is 0 Å². The molecule has 0 radical (unpaired) electrons. The van der Waals surface area contributed by atoms with E-state index in [0.717, 1.165) is 16.1 Å². The molecule has 0 unspecified atom stereocenters. The Labute approximate surface area is 142 Å².